The van der Waals surface area contributed by atoms with Crippen LogP contribution in [0.5, 0.6) is 5.75 Å². The van der Waals surface area contributed by atoms with E-state index in [1.807, 2.05) is 67.6 Å². The minimum Gasteiger partial charge on any atom is -0.505 e. The van der Waals surface area contributed by atoms with Crippen LogP contribution >= 0.6 is 0 Å². The van der Waals surface area contributed by atoms with Crippen LogP contribution in [0, 0.1) is 6.92 Å². The lowest BCUT2D eigenvalue weighted by Crippen LogP contribution is -2.35. The highest BCUT2D eigenvalue weighted by atomic mass is 32.2. The number of sulfonamides is 1. The third kappa shape index (κ3) is 7.53. The first kappa shape index (κ1) is 34.2. The number of allylic oxidation sites excluding steroid dienone is 2. The summed E-state index contributed by atoms with van der Waals surface area (Å²) in [6, 6.07) is 23.8. The van der Waals surface area contributed by atoms with Crippen LogP contribution in [0.15, 0.2) is 118 Å². The van der Waals surface area contributed by atoms with Crippen LogP contribution in [0.25, 0.3) is 16.8 Å². The Morgan fingerprint density at radius 2 is 1.54 bits per heavy atom. The molecule has 250 valence electrons. The predicted octanol–water partition coefficient (Wildman–Crippen LogP) is 5.50. The number of phenols is 1. The van der Waals surface area contributed by atoms with Crippen molar-refractivity contribution in [1.82, 2.24) is 4.31 Å². The monoisotopic (exact) mass is 670 g/mol. The number of rotatable bonds is 13. The highest BCUT2D eigenvalue weighted by Gasteiger charge is 2.24. The molecular weight excluding hydrogens is 632 g/mol. The minimum atomic E-state index is -3.89. The van der Waals surface area contributed by atoms with E-state index in [2.05, 4.69) is 15.8 Å². The van der Waals surface area contributed by atoms with Gasteiger partial charge in [-0.25, -0.2) is 8.42 Å². The molecule has 5 N–H and O–H groups in total. The average molecular weight is 671 g/mol. The Morgan fingerprint density at radius 1 is 0.854 bits per heavy atom. The number of aliphatic hydroxyl groups is 2. The molecule has 1 aliphatic carbocycles. The topological polar surface area (TPSA) is 153 Å². The standard InChI is InChI=1S/C36H38N4O7S/c1-24-19-26-21-29(37-28-7-5-4-6-8-28)11-14-31(26)36(43)35(24)39-38-32-23-33(46-2)27(22-34(32)47-3)20-25-9-12-30(13-10-25)48(44,45)40(15-17-41)16-18-42/h4-14,19-23,37,39,41-43H,15-18H2,1-3H3. The molecule has 0 heterocycles. The van der Waals surface area contributed by atoms with Crippen molar-refractivity contribution in [1.29, 1.82) is 0 Å². The van der Waals surface area contributed by atoms with E-state index in [-0.39, 0.29) is 36.9 Å². The zero-order valence-corrected chi connectivity index (χ0v) is 27.7. The zero-order valence-electron chi connectivity index (χ0n) is 26.8. The van der Waals surface area contributed by atoms with Crippen molar-refractivity contribution in [2.75, 3.05) is 51.3 Å². The Hall–Kier alpha value is -5.14. The second kappa shape index (κ2) is 15.2. The zero-order chi connectivity index (χ0) is 34.3. The molecule has 0 saturated carbocycles. The van der Waals surface area contributed by atoms with Gasteiger partial charge in [-0.3, -0.25) is 5.43 Å². The number of aromatic hydroxyl groups is 1. The van der Waals surface area contributed by atoms with Gasteiger partial charge in [0.05, 0.1) is 32.3 Å². The number of methoxy groups -OCH3 is 2. The molecule has 5 rings (SSSR count). The number of phenolic OH excluding ortho intramolecular Hbond substituents is 1. The van der Waals surface area contributed by atoms with Crippen LogP contribution in [0.1, 0.15) is 11.1 Å². The Labute approximate surface area is 279 Å². The molecule has 0 aromatic heterocycles. The van der Waals surface area contributed by atoms with E-state index in [0.29, 0.717) is 39.4 Å². The van der Waals surface area contributed by atoms with Crippen LogP contribution in [0.4, 0.5) is 17.1 Å². The maximum absolute atomic E-state index is 13.0. The van der Waals surface area contributed by atoms with E-state index in [9.17, 15) is 23.7 Å². The Morgan fingerprint density at radius 3 is 2.19 bits per heavy atom. The van der Waals surface area contributed by atoms with Gasteiger partial charge in [0, 0.05) is 41.5 Å². The molecule has 11 nitrogen and oxygen atoms in total. The Balaban J connectivity index is 1.38. The fourth-order valence-corrected chi connectivity index (χ4v) is 6.72. The number of nitrogens with zero attached hydrogens (tertiary/aromatic N) is 2. The van der Waals surface area contributed by atoms with Gasteiger partial charge in [0.15, 0.2) is 0 Å². The third-order valence-corrected chi connectivity index (χ3v) is 9.64. The van der Waals surface area contributed by atoms with Crippen LogP contribution in [-0.4, -0.2) is 74.3 Å². The predicted molar refractivity (Wildman–Crippen MR) is 189 cm³/mol. The third-order valence-electron chi connectivity index (χ3n) is 7.73. The summed E-state index contributed by atoms with van der Waals surface area (Å²) in [5.74, 6) is 0.993. The molecule has 4 aromatic rings. The summed E-state index contributed by atoms with van der Waals surface area (Å²) < 4.78 is 38.3. The molecule has 1 aliphatic rings. The number of para-hydroxylation sites is 1. The number of fused-ring (bicyclic) bond motifs is 1. The number of hydrazone groups is 1. The van der Waals surface area contributed by atoms with Crippen LogP contribution in [-0.2, 0) is 19.5 Å². The first-order chi connectivity index (χ1) is 23.2. The molecule has 0 aliphatic heterocycles. The molecule has 0 atom stereocenters. The minimum absolute atomic E-state index is 0.0443. The first-order valence-electron chi connectivity index (χ1n) is 15.2. The van der Waals surface area contributed by atoms with E-state index in [1.165, 1.54) is 26.4 Å². The van der Waals surface area contributed by atoms with Crippen molar-refractivity contribution < 1.29 is 33.2 Å². The normalized spacial score (nSPS) is 15.0. The second-order valence-corrected chi connectivity index (χ2v) is 12.8. The quantitative estimate of drug-likeness (QED) is 0.0917. The number of anilines is 3. The summed E-state index contributed by atoms with van der Waals surface area (Å²) in [5, 5.41) is 39.2. The summed E-state index contributed by atoms with van der Waals surface area (Å²) in [7, 11) is -0.838. The summed E-state index contributed by atoms with van der Waals surface area (Å²) >= 11 is 0. The second-order valence-electron chi connectivity index (χ2n) is 10.9. The van der Waals surface area contributed by atoms with Gasteiger partial charge < -0.3 is 30.1 Å². The van der Waals surface area contributed by atoms with Crippen molar-refractivity contribution in [3.63, 3.8) is 0 Å². The van der Waals surface area contributed by atoms with Gasteiger partial charge in [-0.05, 0) is 84.1 Å². The number of hydrogen-bond donors (Lipinski definition) is 5. The lowest BCUT2D eigenvalue weighted by Gasteiger charge is -2.20. The molecule has 4 aromatic carbocycles. The van der Waals surface area contributed by atoms with Gasteiger partial charge >= 0.3 is 0 Å². The number of ether oxygens (including phenoxy) is 2. The molecule has 0 saturated heterocycles. The maximum atomic E-state index is 13.0. The maximum Gasteiger partial charge on any atom is 0.243 e. The molecule has 0 bridgehead atoms. The number of aliphatic hydroxyl groups excluding tert-OH is 2. The van der Waals surface area contributed by atoms with Gasteiger partial charge in [0.25, 0.3) is 0 Å². The van der Waals surface area contributed by atoms with E-state index >= 15 is 0 Å². The number of benzene rings is 4. The number of aryl methyl sites for hydroxylation is 1. The van der Waals surface area contributed by atoms with Crippen molar-refractivity contribution in [2.45, 2.75) is 11.8 Å². The number of hydrogen-bond acceptors (Lipinski definition) is 10. The largest absolute Gasteiger partial charge is 0.505 e. The Kier molecular flexibility index (Phi) is 10.8. The lowest BCUT2D eigenvalue weighted by atomic mass is 10.0. The first-order valence-corrected chi connectivity index (χ1v) is 16.6. The molecule has 0 radical (unpaired) electrons. The van der Waals surface area contributed by atoms with Gasteiger partial charge in [0.2, 0.25) is 10.0 Å². The van der Waals surface area contributed by atoms with Crippen molar-refractivity contribution >= 4 is 49.6 Å². The lowest BCUT2D eigenvalue weighted by molar-refractivity contribution is 0.217. The molecule has 0 unspecified atom stereocenters. The van der Waals surface area contributed by atoms with Crippen LogP contribution < -0.4 is 10.7 Å². The average Bonchev–Trinajstić information content (AvgIpc) is 3.09. The Bertz CT molecular complexity index is 2000. The molecule has 12 heteroatoms. The van der Waals surface area contributed by atoms with E-state index < -0.39 is 10.0 Å². The molecule has 0 spiro atoms. The fraction of sp³-hybridized carbons (Fsp3) is 0.194. The van der Waals surface area contributed by atoms with Crippen LogP contribution in [0.2, 0.25) is 0 Å². The molecule has 48 heavy (non-hydrogen) atoms. The van der Waals surface area contributed by atoms with E-state index in [0.717, 1.165) is 26.6 Å². The highest BCUT2D eigenvalue weighted by Crippen LogP contribution is 2.38. The molecule has 0 amide bonds. The SMILES string of the molecule is COC1=CC(=NNc2c(C)cc3cc(Nc4ccccc4)ccc3c2O)C(OC)=CC1=Cc1ccc(S(=O)(=O)N(CCO)CCO)cc1. The van der Waals surface area contributed by atoms with Crippen molar-refractivity contribution in [2.24, 2.45) is 5.10 Å². The van der Waals surface area contributed by atoms with Crippen LogP contribution in [0.3, 0.4) is 0 Å². The van der Waals surface area contributed by atoms with Crippen molar-refractivity contribution in [3.05, 3.63) is 119 Å². The van der Waals surface area contributed by atoms with E-state index in [4.69, 9.17) is 9.47 Å². The van der Waals surface area contributed by atoms with Crippen molar-refractivity contribution in [3.8, 4) is 5.75 Å². The highest BCUT2D eigenvalue weighted by molar-refractivity contribution is 7.89. The molecule has 0 fully saturated rings. The number of nitrogens with one attached hydrogen (secondary N) is 2. The van der Waals surface area contributed by atoms with Gasteiger partial charge in [0.1, 0.15) is 28.7 Å². The molecular formula is C36H38N4O7S. The smallest absolute Gasteiger partial charge is 0.243 e. The van der Waals surface area contributed by atoms with E-state index in [1.54, 1.807) is 24.3 Å². The summed E-state index contributed by atoms with van der Waals surface area (Å²) in [4.78, 5) is 0.0443. The van der Waals surface area contributed by atoms with Gasteiger partial charge in [-0.15, -0.1) is 0 Å². The summed E-state index contributed by atoms with van der Waals surface area (Å²) in [5.41, 5.74) is 7.91. The summed E-state index contributed by atoms with van der Waals surface area (Å²) in [6.07, 6.45) is 5.27. The fourth-order valence-electron chi connectivity index (χ4n) is 5.29. The van der Waals surface area contributed by atoms with Gasteiger partial charge in [-0.1, -0.05) is 30.3 Å². The van der Waals surface area contributed by atoms with Gasteiger partial charge in [-0.2, -0.15) is 9.41 Å². The summed E-state index contributed by atoms with van der Waals surface area (Å²) in [6.45, 7) is 0.933.